The second-order valence-corrected chi connectivity index (χ2v) is 4.67. The second kappa shape index (κ2) is 6.89. The summed E-state index contributed by atoms with van der Waals surface area (Å²) in [5.41, 5.74) is 2.44. The molecule has 0 spiro atoms. The van der Waals surface area contributed by atoms with Crippen LogP contribution in [0.4, 0.5) is 5.82 Å². The lowest BCUT2D eigenvalue weighted by Gasteiger charge is -2.10. The van der Waals surface area contributed by atoms with Gasteiger partial charge in [0.15, 0.2) is 0 Å². The first kappa shape index (κ1) is 14.3. The summed E-state index contributed by atoms with van der Waals surface area (Å²) in [6.07, 6.45) is 3.79. The third kappa shape index (κ3) is 3.70. The maximum absolute atomic E-state index is 5.15. The van der Waals surface area contributed by atoms with Crippen LogP contribution in [0, 0.1) is 6.92 Å². The molecule has 1 heterocycles. The Hall–Kier alpha value is -2.10. The van der Waals surface area contributed by atoms with Gasteiger partial charge in [-0.15, -0.1) is 0 Å². The summed E-state index contributed by atoms with van der Waals surface area (Å²) < 4.78 is 5.15. The maximum Gasteiger partial charge on any atom is 0.132 e. The summed E-state index contributed by atoms with van der Waals surface area (Å²) in [6.45, 7) is 4.88. The fourth-order valence-electron chi connectivity index (χ4n) is 2.02. The molecule has 2 aromatic rings. The van der Waals surface area contributed by atoms with E-state index in [1.807, 2.05) is 25.3 Å². The van der Waals surface area contributed by atoms with Gasteiger partial charge in [0.05, 0.1) is 7.11 Å². The third-order valence-electron chi connectivity index (χ3n) is 3.23. The van der Waals surface area contributed by atoms with Crippen LogP contribution in [0.15, 0.2) is 30.5 Å². The number of hydrogen-bond acceptors (Lipinski definition) is 4. The van der Waals surface area contributed by atoms with Crippen molar-refractivity contribution in [3.05, 3.63) is 47.4 Å². The van der Waals surface area contributed by atoms with Crippen molar-refractivity contribution < 1.29 is 4.74 Å². The molecule has 0 bridgehead atoms. The predicted octanol–water partition coefficient (Wildman–Crippen LogP) is 3.01. The van der Waals surface area contributed by atoms with E-state index in [0.717, 1.165) is 42.3 Å². The molecule has 0 fully saturated rings. The molecule has 0 atom stereocenters. The molecule has 1 aromatic heterocycles. The van der Waals surface area contributed by atoms with Gasteiger partial charge in [-0.1, -0.05) is 19.1 Å². The first-order valence-corrected chi connectivity index (χ1v) is 6.92. The Labute approximate surface area is 120 Å². The van der Waals surface area contributed by atoms with E-state index in [1.165, 1.54) is 5.56 Å². The van der Waals surface area contributed by atoms with Crippen molar-refractivity contribution in [2.45, 2.75) is 26.7 Å². The van der Waals surface area contributed by atoms with E-state index in [-0.39, 0.29) is 0 Å². The minimum absolute atomic E-state index is 0.800. The molecule has 0 saturated heterocycles. The van der Waals surface area contributed by atoms with Gasteiger partial charge >= 0.3 is 0 Å². The van der Waals surface area contributed by atoms with Crippen LogP contribution < -0.4 is 10.1 Å². The summed E-state index contributed by atoms with van der Waals surface area (Å²) in [5.74, 6) is 2.64. The molecule has 0 radical (unpaired) electrons. The van der Waals surface area contributed by atoms with E-state index in [2.05, 4.69) is 34.3 Å². The van der Waals surface area contributed by atoms with E-state index in [0.29, 0.717) is 0 Å². The number of aryl methyl sites for hydroxylation is 2. The van der Waals surface area contributed by atoms with Gasteiger partial charge in [-0.2, -0.15) is 0 Å². The van der Waals surface area contributed by atoms with Gasteiger partial charge in [-0.3, -0.25) is 0 Å². The van der Waals surface area contributed by atoms with Crippen LogP contribution in [0.25, 0.3) is 0 Å². The summed E-state index contributed by atoms with van der Waals surface area (Å²) in [7, 11) is 1.68. The zero-order valence-electron chi connectivity index (χ0n) is 12.3. The SMILES string of the molecule is CCc1cnc(C)nc1NCCc1ccc(OC)cc1. The smallest absolute Gasteiger partial charge is 0.132 e. The van der Waals surface area contributed by atoms with Gasteiger partial charge in [0.2, 0.25) is 0 Å². The highest BCUT2D eigenvalue weighted by molar-refractivity contribution is 5.43. The number of nitrogens with zero attached hydrogens (tertiary/aromatic N) is 2. The molecule has 0 saturated carbocycles. The van der Waals surface area contributed by atoms with E-state index in [4.69, 9.17) is 4.74 Å². The number of nitrogens with one attached hydrogen (secondary N) is 1. The van der Waals surface area contributed by atoms with Gasteiger partial charge in [0.25, 0.3) is 0 Å². The molecule has 0 aliphatic carbocycles. The summed E-state index contributed by atoms with van der Waals surface area (Å²) in [4.78, 5) is 8.69. The number of benzene rings is 1. The molecule has 1 aromatic carbocycles. The molecular formula is C16H21N3O. The highest BCUT2D eigenvalue weighted by Crippen LogP contribution is 2.14. The number of methoxy groups -OCH3 is 1. The highest BCUT2D eigenvalue weighted by atomic mass is 16.5. The fourth-order valence-corrected chi connectivity index (χ4v) is 2.02. The number of ether oxygens (including phenoxy) is 1. The van der Waals surface area contributed by atoms with Gasteiger partial charge in [-0.25, -0.2) is 9.97 Å². The molecule has 0 aliphatic heterocycles. The summed E-state index contributed by atoms with van der Waals surface area (Å²) in [6, 6.07) is 8.15. The van der Waals surface area contributed by atoms with Crippen molar-refractivity contribution in [3.8, 4) is 5.75 Å². The first-order chi connectivity index (χ1) is 9.72. The molecule has 0 unspecified atom stereocenters. The molecular weight excluding hydrogens is 250 g/mol. The van der Waals surface area contributed by atoms with Crippen molar-refractivity contribution in [2.24, 2.45) is 0 Å². The normalized spacial score (nSPS) is 10.3. The molecule has 106 valence electrons. The Kier molecular flexibility index (Phi) is 4.93. The molecule has 2 rings (SSSR count). The summed E-state index contributed by atoms with van der Waals surface area (Å²) in [5, 5.41) is 3.40. The summed E-state index contributed by atoms with van der Waals surface area (Å²) >= 11 is 0. The monoisotopic (exact) mass is 271 g/mol. The van der Waals surface area contributed by atoms with Crippen LogP contribution in [-0.4, -0.2) is 23.6 Å². The number of anilines is 1. The van der Waals surface area contributed by atoms with Crippen molar-refractivity contribution in [1.29, 1.82) is 0 Å². The minimum Gasteiger partial charge on any atom is -0.497 e. The van der Waals surface area contributed by atoms with E-state index >= 15 is 0 Å². The second-order valence-electron chi connectivity index (χ2n) is 4.67. The Bertz CT molecular complexity index is 552. The lowest BCUT2D eigenvalue weighted by atomic mass is 10.1. The minimum atomic E-state index is 0.800. The van der Waals surface area contributed by atoms with Crippen LogP contribution in [0.1, 0.15) is 23.9 Å². The molecule has 0 amide bonds. The highest BCUT2D eigenvalue weighted by Gasteiger charge is 2.03. The Morgan fingerprint density at radius 2 is 1.95 bits per heavy atom. The fraction of sp³-hybridized carbons (Fsp3) is 0.375. The lowest BCUT2D eigenvalue weighted by molar-refractivity contribution is 0.414. The standard InChI is InChI=1S/C16H21N3O/c1-4-14-11-18-12(2)19-16(14)17-10-9-13-5-7-15(20-3)8-6-13/h5-8,11H,4,9-10H2,1-3H3,(H,17,18,19). The third-order valence-corrected chi connectivity index (χ3v) is 3.23. The number of rotatable bonds is 6. The van der Waals surface area contributed by atoms with Crippen molar-refractivity contribution in [2.75, 3.05) is 19.0 Å². The van der Waals surface area contributed by atoms with Crippen LogP contribution in [0.5, 0.6) is 5.75 Å². The Morgan fingerprint density at radius 3 is 2.60 bits per heavy atom. The zero-order valence-corrected chi connectivity index (χ0v) is 12.3. The zero-order chi connectivity index (χ0) is 14.4. The number of hydrogen-bond donors (Lipinski definition) is 1. The van der Waals surface area contributed by atoms with E-state index in [1.54, 1.807) is 7.11 Å². The molecule has 0 aliphatic rings. The average molecular weight is 271 g/mol. The molecule has 4 nitrogen and oxygen atoms in total. The van der Waals surface area contributed by atoms with Gasteiger partial charge < -0.3 is 10.1 Å². The largest absolute Gasteiger partial charge is 0.497 e. The molecule has 4 heteroatoms. The average Bonchev–Trinajstić information content (AvgIpc) is 2.48. The van der Waals surface area contributed by atoms with E-state index < -0.39 is 0 Å². The number of aromatic nitrogens is 2. The van der Waals surface area contributed by atoms with Crippen molar-refractivity contribution in [3.63, 3.8) is 0 Å². The van der Waals surface area contributed by atoms with Crippen LogP contribution in [-0.2, 0) is 12.8 Å². The maximum atomic E-state index is 5.15. The quantitative estimate of drug-likeness (QED) is 0.877. The van der Waals surface area contributed by atoms with Gasteiger partial charge in [0, 0.05) is 18.3 Å². The molecule has 20 heavy (non-hydrogen) atoms. The lowest BCUT2D eigenvalue weighted by Crippen LogP contribution is -2.09. The van der Waals surface area contributed by atoms with Crippen LogP contribution in [0.3, 0.4) is 0 Å². The molecule has 1 N–H and O–H groups in total. The van der Waals surface area contributed by atoms with E-state index in [9.17, 15) is 0 Å². The Balaban J connectivity index is 1.93. The van der Waals surface area contributed by atoms with Crippen LogP contribution >= 0.6 is 0 Å². The van der Waals surface area contributed by atoms with Crippen molar-refractivity contribution >= 4 is 5.82 Å². The Morgan fingerprint density at radius 1 is 1.20 bits per heavy atom. The topological polar surface area (TPSA) is 47.0 Å². The van der Waals surface area contributed by atoms with Crippen LogP contribution in [0.2, 0.25) is 0 Å². The van der Waals surface area contributed by atoms with Gasteiger partial charge in [0.1, 0.15) is 17.4 Å². The predicted molar refractivity (Wildman–Crippen MR) is 81.3 cm³/mol. The first-order valence-electron chi connectivity index (χ1n) is 6.92. The van der Waals surface area contributed by atoms with Crippen molar-refractivity contribution in [1.82, 2.24) is 9.97 Å². The van der Waals surface area contributed by atoms with Gasteiger partial charge in [-0.05, 0) is 37.5 Å².